The van der Waals surface area contributed by atoms with Crippen molar-refractivity contribution in [3.8, 4) is 0 Å². The maximum Gasteiger partial charge on any atom is 0.400 e. The van der Waals surface area contributed by atoms with Crippen molar-refractivity contribution < 1.29 is 18.0 Å². The van der Waals surface area contributed by atoms with Crippen molar-refractivity contribution in [3.05, 3.63) is 28.8 Å². The van der Waals surface area contributed by atoms with E-state index in [9.17, 15) is 18.0 Å². The molecule has 1 aliphatic heterocycles. The molecule has 1 aromatic rings. The Morgan fingerprint density at radius 3 is 2.71 bits per heavy atom. The normalized spacial score (nSPS) is 22.0. The molecule has 2 rings (SSSR count). The Hall–Kier alpha value is -1.43. The van der Waals surface area contributed by atoms with Crippen LogP contribution in [0, 0.1) is 0 Å². The lowest BCUT2D eigenvalue weighted by molar-refractivity contribution is -0.191. The number of carbonyl (C=O) groups is 1. The summed E-state index contributed by atoms with van der Waals surface area (Å²) in [5, 5.41) is 4.97. The Balaban J connectivity index is 2.63. The minimum absolute atomic E-state index is 0.0225. The highest BCUT2D eigenvalue weighted by molar-refractivity contribution is 6.30. The number of benzene rings is 1. The molecule has 1 aromatic carbocycles. The van der Waals surface area contributed by atoms with Gasteiger partial charge in [0, 0.05) is 17.3 Å². The van der Waals surface area contributed by atoms with Crippen molar-refractivity contribution in [3.63, 3.8) is 0 Å². The van der Waals surface area contributed by atoms with E-state index in [-0.39, 0.29) is 22.7 Å². The van der Waals surface area contributed by atoms with Gasteiger partial charge in [-0.3, -0.25) is 0 Å². The molecule has 0 spiro atoms. The Morgan fingerprint density at radius 1 is 1.38 bits per heavy atom. The highest BCUT2D eigenvalue weighted by Gasteiger charge is 2.57. The maximum absolute atomic E-state index is 13.8. The molecule has 7 heteroatoms. The summed E-state index contributed by atoms with van der Waals surface area (Å²) in [6.45, 7) is 1.34. The lowest BCUT2D eigenvalue weighted by Gasteiger charge is -2.36. The third-order valence-corrected chi connectivity index (χ3v) is 4.03. The molecule has 2 N–H and O–H groups in total. The number of rotatable bonds is 3. The van der Waals surface area contributed by atoms with Crippen molar-refractivity contribution in [2.75, 3.05) is 11.9 Å². The molecule has 0 aliphatic carbocycles. The largest absolute Gasteiger partial charge is 0.400 e. The molecular weight excluding hydrogens is 305 g/mol. The highest BCUT2D eigenvalue weighted by atomic mass is 35.5. The summed E-state index contributed by atoms with van der Waals surface area (Å²) < 4.78 is 41.4. The predicted octanol–water partition coefficient (Wildman–Crippen LogP) is 4.47. The second-order valence-corrected chi connectivity index (χ2v) is 5.62. The molecular formula is C14H16ClF3N2O. The van der Waals surface area contributed by atoms with Gasteiger partial charge in [0.05, 0.1) is 0 Å². The second kappa shape index (κ2) is 5.75. The first-order valence-electron chi connectivity index (χ1n) is 6.72. The van der Waals surface area contributed by atoms with Crippen LogP contribution >= 0.6 is 11.6 Å². The lowest BCUT2D eigenvalue weighted by Crippen LogP contribution is -2.49. The molecule has 1 aliphatic rings. The van der Waals surface area contributed by atoms with Crippen LogP contribution in [0.4, 0.5) is 23.7 Å². The number of urea groups is 1. The van der Waals surface area contributed by atoms with Crippen LogP contribution in [0.1, 0.15) is 31.7 Å². The van der Waals surface area contributed by atoms with Gasteiger partial charge in [-0.25, -0.2) is 4.79 Å². The fourth-order valence-electron chi connectivity index (χ4n) is 2.61. The number of nitrogens with one attached hydrogen (secondary N) is 2. The predicted molar refractivity (Wildman–Crippen MR) is 75.7 cm³/mol. The monoisotopic (exact) mass is 320 g/mol. The van der Waals surface area contributed by atoms with Crippen molar-refractivity contribution >= 4 is 23.3 Å². The second-order valence-electron chi connectivity index (χ2n) is 5.18. The standard InChI is InChI=1S/C14H16ClF3N2O/c1-2-3-6-13(14(16,17)18)8-19-12(21)20-11-5-4-9(15)7-10(11)13/h4-5,7H,2-3,6,8H2,1H3,(H2,19,20,21). The summed E-state index contributed by atoms with van der Waals surface area (Å²) in [5.74, 6) is 0. The van der Waals surface area contributed by atoms with Crippen molar-refractivity contribution in [2.24, 2.45) is 0 Å². The van der Waals surface area contributed by atoms with Crippen LogP contribution in [0.2, 0.25) is 5.02 Å². The summed E-state index contributed by atoms with van der Waals surface area (Å²) in [6, 6.07) is 3.54. The molecule has 1 heterocycles. The zero-order valence-corrected chi connectivity index (χ0v) is 12.2. The van der Waals surface area contributed by atoms with Gasteiger partial charge in [0.1, 0.15) is 5.41 Å². The van der Waals surface area contributed by atoms with E-state index in [1.165, 1.54) is 18.2 Å². The van der Waals surface area contributed by atoms with Gasteiger partial charge in [-0.1, -0.05) is 31.4 Å². The smallest absolute Gasteiger partial charge is 0.337 e. The lowest BCUT2D eigenvalue weighted by atomic mass is 9.75. The van der Waals surface area contributed by atoms with Crippen molar-refractivity contribution in [2.45, 2.75) is 37.8 Å². The summed E-state index contributed by atoms with van der Waals surface area (Å²) in [5.41, 5.74) is -1.94. The SMILES string of the molecule is CCCCC1(C(F)(F)F)CNC(=O)Nc2ccc(Cl)cc21. The fraction of sp³-hybridized carbons (Fsp3) is 0.500. The van der Waals surface area contributed by atoms with Crippen molar-refractivity contribution in [1.29, 1.82) is 0 Å². The van der Waals surface area contributed by atoms with Crippen LogP contribution in [0.3, 0.4) is 0 Å². The molecule has 0 aromatic heterocycles. The Morgan fingerprint density at radius 2 is 2.10 bits per heavy atom. The van der Waals surface area contributed by atoms with E-state index in [4.69, 9.17) is 11.6 Å². The first-order valence-corrected chi connectivity index (χ1v) is 7.09. The van der Waals surface area contributed by atoms with Crippen molar-refractivity contribution in [1.82, 2.24) is 5.32 Å². The van der Waals surface area contributed by atoms with Gasteiger partial charge in [0.15, 0.2) is 0 Å². The number of alkyl halides is 3. The van der Waals surface area contributed by atoms with E-state index >= 15 is 0 Å². The van der Waals surface area contributed by atoms with Crippen LogP contribution in [-0.4, -0.2) is 18.8 Å². The van der Waals surface area contributed by atoms with E-state index in [0.29, 0.717) is 12.8 Å². The quantitative estimate of drug-likeness (QED) is 0.848. The van der Waals surface area contributed by atoms with Crippen LogP contribution < -0.4 is 10.6 Å². The summed E-state index contributed by atoms with van der Waals surface area (Å²) >= 11 is 5.88. The molecule has 0 fully saturated rings. The van der Waals surface area contributed by atoms with Crippen LogP contribution in [0.15, 0.2) is 18.2 Å². The third-order valence-electron chi connectivity index (χ3n) is 3.80. The van der Waals surface area contributed by atoms with E-state index in [2.05, 4.69) is 10.6 Å². The molecule has 1 atom stereocenters. The molecule has 0 radical (unpaired) electrons. The van der Waals surface area contributed by atoms with Gasteiger partial charge in [0.25, 0.3) is 0 Å². The van der Waals surface area contributed by atoms with Gasteiger partial charge < -0.3 is 10.6 Å². The summed E-state index contributed by atoms with van der Waals surface area (Å²) in [4.78, 5) is 11.6. The fourth-order valence-corrected chi connectivity index (χ4v) is 2.78. The van der Waals surface area contributed by atoms with E-state index in [0.717, 1.165) is 0 Å². The van der Waals surface area contributed by atoms with Gasteiger partial charge >= 0.3 is 12.2 Å². The molecule has 0 saturated carbocycles. The minimum atomic E-state index is -4.49. The van der Waals surface area contributed by atoms with Crippen LogP contribution in [-0.2, 0) is 5.41 Å². The zero-order chi connectivity index (χ0) is 15.7. The van der Waals surface area contributed by atoms with Gasteiger partial charge in [-0.05, 0) is 30.2 Å². The van der Waals surface area contributed by atoms with Gasteiger partial charge in [0.2, 0.25) is 0 Å². The highest BCUT2D eigenvalue weighted by Crippen LogP contribution is 2.48. The average Bonchev–Trinajstić information content (AvgIpc) is 2.53. The number of halogens is 4. The molecule has 21 heavy (non-hydrogen) atoms. The molecule has 3 nitrogen and oxygen atoms in total. The third kappa shape index (κ3) is 2.95. The van der Waals surface area contributed by atoms with E-state index in [1.54, 1.807) is 0 Å². The summed E-state index contributed by atoms with van der Waals surface area (Å²) in [7, 11) is 0. The number of hydrogen-bond donors (Lipinski definition) is 2. The molecule has 1 unspecified atom stereocenters. The topological polar surface area (TPSA) is 41.1 Å². The molecule has 0 saturated heterocycles. The summed E-state index contributed by atoms with van der Waals surface area (Å²) in [6.07, 6.45) is -3.54. The minimum Gasteiger partial charge on any atom is -0.337 e. The Bertz CT molecular complexity index is 548. The molecule has 0 bridgehead atoms. The van der Waals surface area contributed by atoms with Gasteiger partial charge in [-0.15, -0.1) is 0 Å². The number of fused-ring (bicyclic) bond motifs is 1. The average molecular weight is 321 g/mol. The van der Waals surface area contributed by atoms with Gasteiger partial charge in [-0.2, -0.15) is 13.2 Å². The van der Waals surface area contributed by atoms with Crippen LogP contribution in [0.25, 0.3) is 0 Å². The van der Waals surface area contributed by atoms with E-state index in [1.807, 2.05) is 6.92 Å². The number of unbranched alkanes of at least 4 members (excludes halogenated alkanes) is 1. The number of amides is 2. The number of carbonyl (C=O) groups excluding carboxylic acids is 1. The molecule has 2 amide bonds. The maximum atomic E-state index is 13.8. The Kier molecular flexibility index (Phi) is 4.37. The first-order chi connectivity index (χ1) is 9.80. The number of hydrogen-bond acceptors (Lipinski definition) is 1. The number of anilines is 1. The zero-order valence-electron chi connectivity index (χ0n) is 11.5. The molecule has 116 valence electrons. The van der Waals surface area contributed by atoms with Crippen LogP contribution in [0.5, 0.6) is 0 Å². The van der Waals surface area contributed by atoms with E-state index < -0.39 is 24.2 Å². The Labute approximate surface area is 125 Å². The first kappa shape index (κ1) is 15.9.